The molecule has 1 N–H and O–H groups in total. The van der Waals surface area contributed by atoms with Crippen LogP contribution in [0.4, 0.5) is 0 Å². The SMILES string of the molecule is N#Cc1cc2c3ccc[n+](O)c3n(-c3ccccc3)c2cn1. The van der Waals surface area contributed by atoms with E-state index >= 15 is 0 Å². The highest BCUT2D eigenvalue weighted by Gasteiger charge is 2.23. The molecule has 0 saturated heterocycles. The third-order valence-corrected chi connectivity index (χ3v) is 3.70. The van der Waals surface area contributed by atoms with Crippen LogP contribution >= 0.6 is 0 Å². The Balaban J connectivity index is 2.25. The van der Waals surface area contributed by atoms with Gasteiger partial charge in [0, 0.05) is 5.39 Å². The molecule has 0 saturated carbocycles. The molecule has 4 rings (SSSR count). The van der Waals surface area contributed by atoms with Gasteiger partial charge >= 0.3 is 5.65 Å². The third kappa shape index (κ3) is 1.64. The molecule has 0 fully saturated rings. The fourth-order valence-electron chi connectivity index (χ4n) is 2.78. The molecule has 0 aliphatic heterocycles. The minimum atomic E-state index is 0.355. The number of benzene rings is 1. The molecule has 0 spiro atoms. The quantitative estimate of drug-likeness (QED) is 0.432. The number of aromatic nitrogens is 3. The summed E-state index contributed by atoms with van der Waals surface area (Å²) in [5, 5.41) is 21.1. The lowest BCUT2D eigenvalue weighted by Gasteiger charge is -2.00. The summed E-state index contributed by atoms with van der Waals surface area (Å²) in [5.74, 6) is 0. The Hall–Kier alpha value is -3.39. The highest BCUT2D eigenvalue weighted by atomic mass is 16.5. The van der Waals surface area contributed by atoms with Gasteiger partial charge in [-0.15, -0.1) is 0 Å². The van der Waals surface area contributed by atoms with Crippen LogP contribution in [0, 0.1) is 11.3 Å². The molecule has 0 unspecified atom stereocenters. The number of para-hydroxylation sites is 1. The van der Waals surface area contributed by atoms with Crippen LogP contribution in [-0.4, -0.2) is 14.8 Å². The van der Waals surface area contributed by atoms with Crippen LogP contribution in [-0.2, 0) is 0 Å². The monoisotopic (exact) mass is 287 g/mol. The molecule has 5 nitrogen and oxygen atoms in total. The predicted molar refractivity (Wildman–Crippen MR) is 80.7 cm³/mol. The Morgan fingerprint density at radius 2 is 1.91 bits per heavy atom. The van der Waals surface area contributed by atoms with Gasteiger partial charge in [0.1, 0.15) is 23.6 Å². The lowest BCUT2D eigenvalue weighted by Crippen LogP contribution is -2.31. The average Bonchev–Trinajstić information content (AvgIpc) is 2.91. The van der Waals surface area contributed by atoms with Gasteiger partial charge in [-0.1, -0.05) is 22.9 Å². The maximum Gasteiger partial charge on any atom is 0.334 e. The minimum absolute atomic E-state index is 0.355. The first-order valence-corrected chi connectivity index (χ1v) is 6.79. The second-order valence-corrected chi connectivity index (χ2v) is 4.96. The molecule has 3 heterocycles. The van der Waals surface area contributed by atoms with E-state index in [4.69, 9.17) is 5.26 Å². The van der Waals surface area contributed by atoms with Crippen molar-refractivity contribution in [2.75, 3.05) is 0 Å². The van der Waals surface area contributed by atoms with E-state index in [9.17, 15) is 5.21 Å². The van der Waals surface area contributed by atoms with Crippen LogP contribution < -0.4 is 4.73 Å². The summed E-state index contributed by atoms with van der Waals surface area (Å²) in [6.07, 6.45) is 3.25. The second kappa shape index (κ2) is 4.57. The summed E-state index contributed by atoms with van der Waals surface area (Å²) >= 11 is 0. The minimum Gasteiger partial charge on any atom is -0.350 e. The smallest absolute Gasteiger partial charge is 0.334 e. The summed E-state index contributed by atoms with van der Waals surface area (Å²) in [4.78, 5) is 4.16. The Bertz CT molecular complexity index is 1050. The van der Waals surface area contributed by atoms with E-state index in [0.717, 1.165) is 26.7 Å². The molecular weight excluding hydrogens is 276 g/mol. The number of nitriles is 1. The van der Waals surface area contributed by atoms with Crippen molar-refractivity contribution in [2.45, 2.75) is 0 Å². The zero-order valence-electron chi connectivity index (χ0n) is 11.5. The van der Waals surface area contributed by atoms with Gasteiger partial charge in [0.2, 0.25) is 0 Å². The molecular formula is C17H11N4O+. The van der Waals surface area contributed by atoms with Gasteiger partial charge in [0.15, 0.2) is 5.52 Å². The molecule has 0 aliphatic rings. The molecule has 5 heteroatoms. The molecule has 0 radical (unpaired) electrons. The van der Waals surface area contributed by atoms with Crippen LogP contribution in [0.5, 0.6) is 0 Å². The van der Waals surface area contributed by atoms with Gasteiger partial charge in [-0.25, -0.2) is 4.98 Å². The highest BCUT2D eigenvalue weighted by molar-refractivity contribution is 6.06. The Morgan fingerprint density at radius 1 is 1.09 bits per heavy atom. The Morgan fingerprint density at radius 3 is 2.68 bits per heavy atom. The maximum absolute atomic E-state index is 10.3. The van der Waals surface area contributed by atoms with Crippen molar-refractivity contribution in [3.8, 4) is 11.8 Å². The molecule has 4 aromatic rings. The number of hydrogen-bond donors (Lipinski definition) is 1. The number of rotatable bonds is 1. The first kappa shape index (κ1) is 12.4. The number of hydrogen-bond acceptors (Lipinski definition) is 3. The number of pyridine rings is 2. The van der Waals surface area contributed by atoms with E-state index in [2.05, 4.69) is 11.1 Å². The molecule has 0 amide bonds. The van der Waals surface area contributed by atoms with Crippen molar-refractivity contribution in [1.29, 1.82) is 5.26 Å². The molecule has 3 aromatic heterocycles. The van der Waals surface area contributed by atoms with Crippen molar-refractivity contribution in [3.05, 3.63) is 66.6 Å². The molecule has 22 heavy (non-hydrogen) atoms. The summed E-state index contributed by atoms with van der Waals surface area (Å²) in [6.45, 7) is 0. The largest absolute Gasteiger partial charge is 0.350 e. The van der Waals surface area contributed by atoms with E-state index < -0.39 is 0 Å². The predicted octanol–water partition coefficient (Wildman–Crippen LogP) is 2.58. The van der Waals surface area contributed by atoms with Crippen LogP contribution in [0.25, 0.3) is 27.6 Å². The van der Waals surface area contributed by atoms with Crippen molar-refractivity contribution >= 4 is 21.9 Å². The first-order chi connectivity index (χ1) is 10.8. The van der Waals surface area contributed by atoms with Crippen LogP contribution in [0.1, 0.15) is 5.69 Å². The van der Waals surface area contributed by atoms with Crippen molar-refractivity contribution in [2.24, 2.45) is 0 Å². The van der Waals surface area contributed by atoms with Gasteiger partial charge in [0.25, 0.3) is 0 Å². The van der Waals surface area contributed by atoms with Crippen LogP contribution in [0.2, 0.25) is 0 Å². The van der Waals surface area contributed by atoms with Crippen LogP contribution in [0.3, 0.4) is 0 Å². The zero-order valence-corrected chi connectivity index (χ0v) is 11.5. The molecule has 1 aromatic carbocycles. The van der Waals surface area contributed by atoms with Gasteiger partial charge in [-0.2, -0.15) is 9.83 Å². The third-order valence-electron chi connectivity index (χ3n) is 3.70. The van der Waals surface area contributed by atoms with Crippen LogP contribution in [0.15, 0.2) is 60.9 Å². The topological polar surface area (TPSA) is 65.7 Å². The standard InChI is InChI=1S/C17H11N4O/c18-10-12-9-15-14-7-4-8-20(22)17(14)21(16(15)11-19-12)13-5-2-1-3-6-13/h1-9,11,22H/q+1. The van der Waals surface area contributed by atoms with E-state index in [0.29, 0.717) is 11.3 Å². The molecule has 104 valence electrons. The van der Waals surface area contributed by atoms with Crippen molar-refractivity contribution in [3.63, 3.8) is 0 Å². The summed E-state index contributed by atoms with van der Waals surface area (Å²) in [7, 11) is 0. The Kier molecular flexibility index (Phi) is 2.57. The lowest BCUT2D eigenvalue weighted by atomic mass is 10.2. The normalized spacial score (nSPS) is 10.9. The van der Waals surface area contributed by atoms with E-state index in [1.807, 2.05) is 41.0 Å². The van der Waals surface area contributed by atoms with E-state index in [1.54, 1.807) is 24.5 Å². The summed E-state index contributed by atoms with van der Waals surface area (Å²) in [5.41, 5.74) is 2.76. The maximum atomic E-state index is 10.3. The van der Waals surface area contributed by atoms with E-state index in [-0.39, 0.29) is 0 Å². The molecule has 0 aliphatic carbocycles. The second-order valence-electron chi connectivity index (χ2n) is 4.96. The summed E-state index contributed by atoms with van der Waals surface area (Å²) < 4.78 is 3.02. The zero-order chi connectivity index (χ0) is 15.1. The highest BCUT2D eigenvalue weighted by Crippen LogP contribution is 2.29. The molecule has 0 atom stereocenters. The number of fused-ring (bicyclic) bond motifs is 3. The van der Waals surface area contributed by atoms with Gasteiger partial charge in [-0.05, 0) is 30.3 Å². The van der Waals surface area contributed by atoms with Gasteiger partial charge in [0.05, 0.1) is 11.6 Å². The van der Waals surface area contributed by atoms with Crippen molar-refractivity contribution in [1.82, 2.24) is 9.55 Å². The molecule has 0 bridgehead atoms. The van der Waals surface area contributed by atoms with E-state index in [1.165, 1.54) is 0 Å². The fraction of sp³-hybridized carbons (Fsp3) is 0. The average molecular weight is 287 g/mol. The summed E-state index contributed by atoms with van der Waals surface area (Å²) in [6, 6.07) is 17.2. The Labute approximate surface area is 125 Å². The van der Waals surface area contributed by atoms with Gasteiger partial charge < -0.3 is 5.21 Å². The van der Waals surface area contributed by atoms with Gasteiger partial charge in [-0.3, -0.25) is 0 Å². The lowest BCUT2D eigenvalue weighted by molar-refractivity contribution is -0.886. The number of nitrogens with zero attached hydrogens (tertiary/aromatic N) is 4. The van der Waals surface area contributed by atoms with Crippen molar-refractivity contribution < 1.29 is 9.94 Å². The fourth-order valence-corrected chi connectivity index (χ4v) is 2.78. The first-order valence-electron chi connectivity index (χ1n) is 6.79.